The molecule has 0 saturated heterocycles. The number of thioether (sulfide) groups is 1. The number of nitrogens with zero attached hydrogens (tertiary/aromatic N) is 1. The van der Waals surface area contributed by atoms with E-state index < -0.39 is 5.51 Å². The predicted octanol–water partition coefficient (Wildman–Crippen LogP) is 3.94. The third kappa shape index (κ3) is 4.20. The summed E-state index contributed by atoms with van der Waals surface area (Å²) >= 11 is -0.115. The molecule has 2 rings (SSSR count). The van der Waals surface area contributed by atoms with Crippen LogP contribution in [0.5, 0.6) is 0 Å². The number of benzene rings is 1. The van der Waals surface area contributed by atoms with Gasteiger partial charge in [-0.3, -0.25) is 5.10 Å². The first kappa shape index (κ1) is 13.8. The van der Waals surface area contributed by atoms with Gasteiger partial charge in [0, 0.05) is 28.4 Å². The van der Waals surface area contributed by atoms with Crippen LogP contribution in [-0.4, -0.2) is 15.7 Å². The number of aromatic amines is 1. The molecule has 0 amide bonds. The van der Waals surface area contributed by atoms with Gasteiger partial charge in [-0.15, -0.1) is 0 Å². The smallest absolute Gasteiger partial charge is 0.381 e. The molecule has 2 N–H and O–H groups in total. The van der Waals surface area contributed by atoms with Crippen molar-refractivity contribution in [2.45, 2.75) is 23.9 Å². The molecule has 0 aliphatic carbocycles. The molecule has 19 heavy (non-hydrogen) atoms. The molecule has 0 fully saturated rings. The monoisotopic (exact) mass is 287 g/mol. The van der Waals surface area contributed by atoms with Crippen LogP contribution in [0.2, 0.25) is 0 Å². The number of halogens is 3. The highest BCUT2D eigenvalue weighted by atomic mass is 32.2. The van der Waals surface area contributed by atoms with Crippen LogP contribution in [0.1, 0.15) is 11.3 Å². The van der Waals surface area contributed by atoms with Gasteiger partial charge in [0.15, 0.2) is 0 Å². The summed E-state index contributed by atoms with van der Waals surface area (Å²) in [6.45, 7) is 2.49. The van der Waals surface area contributed by atoms with Crippen LogP contribution in [-0.2, 0) is 6.54 Å². The minimum Gasteiger partial charge on any atom is -0.381 e. The lowest BCUT2D eigenvalue weighted by molar-refractivity contribution is -0.0328. The van der Waals surface area contributed by atoms with Crippen LogP contribution in [0.25, 0.3) is 0 Å². The van der Waals surface area contributed by atoms with Gasteiger partial charge >= 0.3 is 5.51 Å². The molecule has 3 nitrogen and oxygen atoms in total. The Hall–Kier alpha value is -1.63. The summed E-state index contributed by atoms with van der Waals surface area (Å²) in [5.74, 6) is 0. The number of alkyl halides is 3. The Kier molecular flexibility index (Phi) is 4.04. The van der Waals surface area contributed by atoms with E-state index in [0.717, 1.165) is 16.9 Å². The van der Waals surface area contributed by atoms with Crippen molar-refractivity contribution in [2.24, 2.45) is 0 Å². The highest BCUT2D eigenvalue weighted by Gasteiger charge is 2.28. The zero-order chi connectivity index (χ0) is 13.9. The normalized spacial score (nSPS) is 11.6. The number of rotatable bonds is 4. The Balaban J connectivity index is 1.94. The van der Waals surface area contributed by atoms with Gasteiger partial charge in [0.25, 0.3) is 0 Å². The van der Waals surface area contributed by atoms with E-state index in [-0.39, 0.29) is 16.7 Å². The van der Waals surface area contributed by atoms with Gasteiger partial charge in [-0.25, -0.2) is 0 Å². The van der Waals surface area contributed by atoms with E-state index in [1.165, 1.54) is 12.1 Å². The van der Waals surface area contributed by atoms with Crippen LogP contribution in [0.15, 0.2) is 35.4 Å². The van der Waals surface area contributed by atoms with E-state index >= 15 is 0 Å². The fourth-order valence-corrected chi connectivity index (χ4v) is 2.07. The van der Waals surface area contributed by atoms with E-state index in [2.05, 4.69) is 15.5 Å². The molecule has 0 aliphatic heterocycles. The molecule has 0 spiro atoms. The van der Waals surface area contributed by atoms with E-state index in [1.807, 2.05) is 6.92 Å². The van der Waals surface area contributed by atoms with Crippen LogP contribution in [0, 0.1) is 6.92 Å². The maximum atomic E-state index is 12.2. The first-order valence-electron chi connectivity index (χ1n) is 5.52. The molecule has 0 radical (unpaired) electrons. The summed E-state index contributed by atoms with van der Waals surface area (Å²) in [7, 11) is 0. The second-order valence-electron chi connectivity index (χ2n) is 3.95. The Labute approximate surface area is 112 Å². The van der Waals surface area contributed by atoms with Crippen molar-refractivity contribution in [3.8, 4) is 0 Å². The molecular formula is C12H12F3N3S. The minimum atomic E-state index is -4.25. The standard InChI is InChI=1S/C12H12F3N3S/c1-8-9(7-17-18-8)6-16-10-2-4-11(5-3-10)19-12(13,14)15/h2-5,7,16H,6H2,1H3,(H,17,18). The van der Waals surface area contributed by atoms with E-state index in [9.17, 15) is 13.2 Å². The maximum Gasteiger partial charge on any atom is 0.446 e. The molecule has 0 unspecified atom stereocenters. The summed E-state index contributed by atoms with van der Waals surface area (Å²) in [6, 6.07) is 6.15. The summed E-state index contributed by atoms with van der Waals surface area (Å²) in [5.41, 5.74) is -1.49. The fourth-order valence-electron chi connectivity index (χ4n) is 1.53. The van der Waals surface area contributed by atoms with Crippen LogP contribution < -0.4 is 5.32 Å². The van der Waals surface area contributed by atoms with Crippen LogP contribution in [0.4, 0.5) is 18.9 Å². The van der Waals surface area contributed by atoms with Crippen molar-refractivity contribution < 1.29 is 13.2 Å². The van der Waals surface area contributed by atoms with Crippen LogP contribution in [0.3, 0.4) is 0 Å². The average molecular weight is 287 g/mol. The van der Waals surface area contributed by atoms with Gasteiger partial charge in [0.1, 0.15) is 0 Å². The molecule has 0 saturated carbocycles. The fraction of sp³-hybridized carbons (Fsp3) is 0.250. The third-order valence-corrected chi connectivity index (χ3v) is 3.24. The lowest BCUT2D eigenvalue weighted by Crippen LogP contribution is -2.01. The topological polar surface area (TPSA) is 40.7 Å². The van der Waals surface area contributed by atoms with Crippen molar-refractivity contribution in [3.63, 3.8) is 0 Å². The number of hydrogen-bond donors (Lipinski definition) is 2. The first-order chi connectivity index (χ1) is 8.94. The number of aryl methyl sites for hydroxylation is 1. The van der Waals surface area contributed by atoms with Crippen molar-refractivity contribution in [2.75, 3.05) is 5.32 Å². The molecule has 7 heteroatoms. The molecule has 1 aromatic heterocycles. The highest BCUT2D eigenvalue weighted by molar-refractivity contribution is 8.00. The lowest BCUT2D eigenvalue weighted by Gasteiger charge is -2.08. The summed E-state index contributed by atoms with van der Waals surface area (Å²) in [6.07, 6.45) is 1.72. The molecule has 1 heterocycles. The Morgan fingerprint density at radius 2 is 1.95 bits per heavy atom. The number of nitrogens with one attached hydrogen (secondary N) is 2. The largest absolute Gasteiger partial charge is 0.446 e. The highest BCUT2D eigenvalue weighted by Crippen LogP contribution is 2.37. The molecule has 0 aliphatic rings. The number of aromatic nitrogens is 2. The van der Waals surface area contributed by atoms with Crippen molar-refractivity contribution in [1.82, 2.24) is 10.2 Å². The Morgan fingerprint density at radius 1 is 1.26 bits per heavy atom. The lowest BCUT2D eigenvalue weighted by atomic mass is 10.2. The second kappa shape index (κ2) is 5.56. The summed E-state index contributed by atoms with van der Waals surface area (Å²) in [4.78, 5) is 0.178. The number of hydrogen-bond acceptors (Lipinski definition) is 3. The summed E-state index contributed by atoms with van der Waals surface area (Å²) < 4.78 is 36.5. The van der Waals surface area contributed by atoms with Crippen LogP contribution >= 0.6 is 11.8 Å². The molecule has 1 aromatic carbocycles. The van der Waals surface area contributed by atoms with Gasteiger partial charge in [-0.1, -0.05) is 0 Å². The second-order valence-corrected chi connectivity index (χ2v) is 5.08. The first-order valence-corrected chi connectivity index (χ1v) is 6.34. The van der Waals surface area contributed by atoms with E-state index in [1.54, 1.807) is 18.3 Å². The predicted molar refractivity (Wildman–Crippen MR) is 69.0 cm³/mol. The molecule has 102 valence electrons. The Bertz CT molecular complexity index is 534. The van der Waals surface area contributed by atoms with Gasteiger partial charge in [0.05, 0.1) is 6.20 Å². The zero-order valence-electron chi connectivity index (χ0n) is 10.1. The van der Waals surface area contributed by atoms with Crippen molar-refractivity contribution in [1.29, 1.82) is 0 Å². The zero-order valence-corrected chi connectivity index (χ0v) is 10.9. The van der Waals surface area contributed by atoms with E-state index in [4.69, 9.17) is 0 Å². The van der Waals surface area contributed by atoms with E-state index in [0.29, 0.717) is 6.54 Å². The Morgan fingerprint density at radius 3 is 2.47 bits per heavy atom. The number of H-pyrrole nitrogens is 1. The van der Waals surface area contributed by atoms with Crippen molar-refractivity contribution >= 4 is 17.4 Å². The van der Waals surface area contributed by atoms with Gasteiger partial charge in [-0.2, -0.15) is 18.3 Å². The summed E-state index contributed by atoms with van der Waals surface area (Å²) in [5, 5.41) is 9.84. The number of anilines is 1. The van der Waals surface area contributed by atoms with Crippen molar-refractivity contribution in [3.05, 3.63) is 41.7 Å². The molecule has 0 atom stereocenters. The quantitative estimate of drug-likeness (QED) is 0.837. The molecule has 2 aromatic rings. The third-order valence-electron chi connectivity index (χ3n) is 2.51. The average Bonchev–Trinajstić information content (AvgIpc) is 2.72. The molecular weight excluding hydrogens is 275 g/mol. The maximum absolute atomic E-state index is 12.2. The van der Waals surface area contributed by atoms with Gasteiger partial charge < -0.3 is 5.32 Å². The minimum absolute atomic E-state index is 0.115. The van der Waals surface area contributed by atoms with Gasteiger partial charge in [0.2, 0.25) is 0 Å². The molecule has 0 bridgehead atoms. The SMILES string of the molecule is Cc1[nH]ncc1CNc1ccc(SC(F)(F)F)cc1. The van der Waals surface area contributed by atoms with Gasteiger partial charge in [-0.05, 0) is 43.0 Å².